The first-order valence-corrected chi connectivity index (χ1v) is 9.50. The number of benzene rings is 1. The molecule has 0 saturated heterocycles. The van der Waals surface area contributed by atoms with E-state index in [9.17, 15) is 4.79 Å². The Morgan fingerprint density at radius 1 is 1.44 bits per heavy atom. The molecule has 1 aliphatic rings. The van der Waals surface area contributed by atoms with E-state index in [-0.39, 0.29) is 11.9 Å². The predicted molar refractivity (Wildman–Crippen MR) is 112 cm³/mol. The van der Waals surface area contributed by atoms with Gasteiger partial charge in [-0.25, -0.2) is 0 Å². The highest BCUT2D eigenvalue weighted by Gasteiger charge is 2.33. The van der Waals surface area contributed by atoms with E-state index >= 15 is 0 Å². The molecule has 0 spiro atoms. The SMILES string of the molecule is C=CCN1C(=S)NC(c2ccc(Br)cc2)C(C(=O)Nc2cc(C)on2)=C1C. The van der Waals surface area contributed by atoms with Gasteiger partial charge in [0, 0.05) is 22.8 Å². The Balaban J connectivity index is 2.02. The number of aryl methyl sites for hydroxylation is 1. The fraction of sp³-hybridized carbons (Fsp3) is 0.211. The van der Waals surface area contributed by atoms with Gasteiger partial charge in [-0.05, 0) is 43.8 Å². The normalized spacial score (nSPS) is 16.9. The average Bonchev–Trinajstić information content (AvgIpc) is 3.03. The van der Waals surface area contributed by atoms with Gasteiger partial charge in [0.25, 0.3) is 5.91 Å². The minimum atomic E-state index is -0.375. The van der Waals surface area contributed by atoms with Gasteiger partial charge in [0.1, 0.15) is 5.76 Å². The molecule has 1 unspecified atom stereocenters. The summed E-state index contributed by atoms with van der Waals surface area (Å²) in [5.74, 6) is 0.727. The van der Waals surface area contributed by atoms with Gasteiger partial charge in [-0.3, -0.25) is 4.79 Å². The topological polar surface area (TPSA) is 70.4 Å². The number of thiocarbonyl (C=S) groups is 1. The second-order valence-electron chi connectivity index (χ2n) is 6.11. The molecule has 2 N–H and O–H groups in total. The van der Waals surface area contributed by atoms with Crippen molar-refractivity contribution in [3.63, 3.8) is 0 Å². The predicted octanol–water partition coefficient (Wildman–Crippen LogP) is 4.08. The molecule has 8 heteroatoms. The van der Waals surface area contributed by atoms with Crippen molar-refractivity contribution in [1.82, 2.24) is 15.4 Å². The van der Waals surface area contributed by atoms with Gasteiger partial charge in [0.05, 0.1) is 11.6 Å². The molecule has 0 radical (unpaired) electrons. The summed E-state index contributed by atoms with van der Waals surface area (Å²) in [5, 5.41) is 10.5. The molecule has 1 aromatic carbocycles. The molecule has 27 heavy (non-hydrogen) atoms. The van der Waals surface area contributed by atoms with Crippen LogP contribution in [-0.4, -0.2) is 27.6 Å². The minimum Gasteiger partial charge on any atom is -0.360 e. The number of allylic oxidation sites excluding steroid dienone is 1. The Bertz CT molecular complexity index is 920. The number of carbonyl (C=O) groups excluding carboxylic acids is 1. The lowest BCUT2D eigenvalue weighted by atomic mass is 9.94. The van der Waals surface area contributed by atoms with E-state index in [4.69, 9.17) is 16.7 Å². The molecule has 0 bridgehead atoms. The summed E-state index contributed by atoms with van der Waals surface area (Å²) in [5.41, 5.74) is 2.26. The first-order chi connectivity index (χ1) is 12.9. The van der Waals surface area contributed by atoms with Crippen LogP contribution in [0.4, 0.5) is 5.82 Å². The first-order valence-electron chi connectivity index (χ1n) is 8.30. The highest BCUT2D eigenvalue weighted by molar-refractivity contribution is 9.10. The summed E-state index contributed by atoms with van der Waals surface area (Å²) in [4.78, 5) is 14.9. The van der Waals surface area contributed by atoms with Crippen LogP contribution < -0.4 is 10.6 Å². The zero-order valence-electron chi connectivity index (χ0n) is 15.0. The molecule has 0 saturated carbocycles. The van der Waals surface area contributed by atoms with Crippen molar-refractivity contribution in [3.05, 3.63) is 70.1 Å². The van der Waals surface area contributed by atoms with E-state index in [0.717, 1.165) is 15.7 Å². The van der Waals surface area contributed by atoms with Crippen molar-refractivity contribution in [1.29, 1.82) is 0 Å². The Hall–Kier alpha value is -2.45. The smallest absolute Gasteiger partial charge is 0.257 e. The molecule has 2 aromatic rings. The highest BCUT2D eigenvalue weighted by atomic mass is 79.9. The zero-order valence-corrected chi connectivity index (χ0v) is 17.4. The number of amides is 1. The maximum Gasteiger partial charge on any atom is 0.257 e. The summed E-state index contributed by atoms with van der Waals surface area (Å²) in [6.45, 7) is 7.92. The first kappa shape index (κ1) is 19.3. The molecule has 6 nitrogen and oxygen atoms in total. The number of nitrogens with zero attached hydrogens (tertiary/aromatic N) is 2. The van der Waals surface area contributed by atoms with E-state index in [2.05, 4.69) is 38.3 Å². The standard InChI is InChI=1S/C19H19BrN4O2S/c1-4-9-24-12(3)16(18(25)21-15-10-11(2)26-23-15)17(22-19(24)27)13-5-7-14(20)8-6-13/h4-8,10,17H,1,9H2,2-3H3,(H,22,27)(H,21,23,25). The summed E-state index contributed by atoms with van der Waals surface area (Å²) < 4.78 is 6.00. The number of aromatic nitrogens is 1. The summed E-state index contributed by atoms with van der Waals surface area (Å²) in [6, 6.07) is 9.07. The monoisotopic (exact) mass is 446 g/mol. The molecular weight excluding hydrogens is 428 g/mol. The van der Waals surface area contributed by atoms with Crippen molar-refractivity contribution >= 4 is 45.0 Å². The van der Waals surface area contributed by atoms with E-state index in [1.165, 1.54) is 0 Å². The maximum atomic E-state index is 13.1. The van der Waals surface area contributed by atoms with Crippen LogP contribution in [0.15, 0.2) is 63.3 Å². The van der Waals surface area contributed by atoms with Gasteiger partial charge in [-0.15, -0.1) is 6.58 Å². The molecular formula is C19H19BrN4O2S. The van der Waals surface area contributed by atoms with Crippen molar-refractivity contribution < 1.29 is 9.32 Å². The van der Waals surface area contributed by atoms with Gasteiger partial charge in [0.2, 0.25) is 0 Å². The average molecular weight is 447 g/mol. The van der Waals surface area contributed by atoms with Crippen LogP contribution in [0.1, 0.15) is 24.3 Å². The van der Waals surface area contributed by atoms with Crippen molar-refractivity contribution in [3.8, 4) is 0 Å². The van der Waals surface area contributed by atoms with Crippen molar-refractivity contribution in [2.45, 2.75) is 19.9 Å². The van der Waals surface area contributed by atoms with Crippen molar-refractivity contribution in [2.24, 2.45) is 0 Å². The van der Waals surface area contributed by atoms with Crippen LogP contribution in [0, 0.1) is 6.92 Å². The Labute approximate surface area is 171 Å². The van der Waals surface area contributed by atoms with Gasteiger partial charge < -0.3 is 20.1 Å². The fourth-order valence-electron chi connectivity index (χ4n) is 2.94. The van der Waals surface area contributed by atoms with Crippen LogP contribution in [0.2, 0.25) is 0 Å². The quantitative estimate of drug-likeness (QED) is 0.532. The molecule has 1 amide bonds. The molecule has 1 aliphatic heterocycles. The van der Waals surface area contributed by atoms with Gasteiger partial charge in [-0.2, -0.15) is 0 Å². The van der Waals surface area contributed by atoms with E-state index < -0.39 is 0 Å². The van der Waals surface area contributed by atoms with E-state index in [0.29, 0.717) is 28.8 Å². The van der Waals surface area contributed by atoms with E-state index in [1.807, 2.05) is 36.1 Å². The Morgan fingerprint density at radius 2 is 2.15 bits per heavy atom. The Morgan fingerprint density at radius 3 is 2.74 bits per heavy atom. The number of carbonyl (C=O) groups is 1. The lowest BCUT2D eigenvalue weighted by Gasteiger charge is -2.37. The van der Waals surface area contributed by atoms with Crippen LogP contribution in [0.5, 0.6) is 0 Å². The second-order valence-corrected chi connectivity index (χ2v) is 7.41. The fourth-order valence-corrected chi connectivity index (χ4v) is 3.53. The number of rotatable bonds is 5. The lowest BCUT2D eigenvalue weighted by Crippen LogP contribution is -2.48. The second kappa shape index (κ2) is 8.06. The summed E-state index contributed by atoms with van der Waals surface area (Å²) in [7, 11) is 0. The number of nitrogens with one attached hydrogen (secondary N) is 2. The van der Waals surface area contributed by atoms with Crippen LogP contribution >= 0.6 is 28.1 Å². The third kappa shape index (κ3) is 4.12. The molecule has 1 atom stereocenters. The van der Waals surface area contributed by atoms with Crippen molar-refractivity contribution in [2.75, 3.05) is 11.9 Å². The summed E-state index contributed by atoms with van der Waals surface area (Å²) >= 11 is 8.95. The molecule has 2 heterocycles. The Kier molecular flexibility index (Phi) is 5.76. The van der Waals surface area contributed by atoms with Gasteiger partial charge >= 0.3 is 0 Å². The summed E-state index contributed by atoms with van der Waals surface area (Å²) in [6.07, 6.45) is 1.74. The van der Waals surface area contributed by atoms with Crippen LogP contribution in [0.3, 0.4) is 0 Å². The molecule has 1 aromatic heterocycles. The number of halogens is 1. The van der Waals surface area contributed by atoms with Crippen LogP contribution in [0.25, 0.3) is 0 Å². The van der Waals surface area contributed by atoms with E-state index in [1.54, 1.807) is 19.1 Å². The highest BCUT2D eigenvalue weighted by Crippen LogP contribution is 2.32. The van der Waals surface area contributed by atoms with Gasteiger partial charge in [0.15, 0.2) is 10.9 Å². The minimum absolute atomic E-state index is 0.266. The van der Waals surface area contributed by atoms with Crippen LogP contribution in [-0.2, 0) is 4.79 Å². The third-order valence-corrected chi connectivity index (χ3v) is 5.09. The molecule has 0 fully saturated rings. The number of anilines is 1. The lowest BCUT2D eigenvalue weighted by molar-refractivity contribution is -0.113. The number of hydrogen-bond donors (Lipinski definition) is 2. The third-order valence-electron chi connectivity index (χ3n) is 4.23. The molecule has 3 rings (SSSR count). The number of hydrogen-bond acceptors (Lipinski definition) is 4. The van der Waals surface area contributed by atoms with Gasteiger partial charge in [-0.1, -0.05) is 39.3 Å². The molecule has 140 valence electrons. The maximum absolute atomic E-state index is 13.1. The molecule has 0 aliphatic carbocycles. The zero-order chi connectivity index (χ0) is 19.6. The largest absolute Gasteiger partial charge is 0.360 e.